The Morgan fingerprint density at radius 3 is 2.52 bits per heavy atom. The molecule has 0 spiro atoms. The van der Waals surface area contributed by atoms with Gasteiger partial charge in [0, 0.05) is 11.6 Å². The molecule has 0 fully saturated rings. The van der Waals surface area contributed by atoms with Crippen molar-refractivity contribution in [2.75, 3.05) is 0 Å². The average molecular weight is 380 g/mol. The molecule has 7 heteroatoms. The Morgan fingerprint density at radius 1 is 1.04 bits per heavy atom. The van der Waals surface area contributed by atoms with Gasteiger partial charge in [0.15, 0.2) is 11.0 Å². The van der Waals surface area contributed by atoms with Gasteiger partial charge < -0.3 is 4.52 Å². The second kappa shape index (κ2) is 7.75. The van der Waals surface area contributed by atoms with Gasteiger partial charge in [-0.2, -0.15) is 0 Å². The first-order valence-corrected chi connectivity index (χ1v) is 9.45. The molecule has 27 heavy (non-hydrogen) atoms. The van der Waals surface area contributed by atoms with Gasteiger partial charge in [0.25, 0.3) is 0 Å². The average Bonchev–Trinajstić information content (AvgIpc) is 3.28. The number of hydrogen-bond acceptors (Lipinski definition) is 5. The number of aromatic nitrogens is 4. The van der Waals surface area contributed by atoms with Crippen LogP contribution in [0.2, 0.25) is 0 Å². The first-order valence-electron chi connectivity index (χ1n) is 8.47. The Labute approximate surface area is 160 Å². The van der Waals surface area contributed by atoms with Crippen molar-refractivity contribution in [1.82, 2.24) is 19.9 Å². The smallest absolute Gasteiger partial charge is 0.192 e. The predicted octanol–water partition coefficient (Wildman–Crippen LogP) is 4.72. The molecular weight excluding hydrogens is 363 g/mol. The summed E-state index contributed by atoms with van der Waals surface area (Å²) < 4.78 is 20.6. The van der Waals surface area contributed by atoms with E-state index < -0.39 is 0 Å². The van der Waals surface area contributed by atoms with Crippen molar-refractivity contribution in [2.45, 2.75) is 24.4 Å². The van der Waals surface area contributed by atoms with Crippen molar-refractivity contribution in [1.29, 1.82) is 0 Å². The molecule has 2 aromatic heterocycles. The van der Waals surface area contributed by atoms with Crippen LogP contribution in [0.5, 0.6) is 0 Å². The summed E-state index contributed by atoms with van der Waals surface area (Å²) in [5.41, 5.74) is 2.81. The topological polar surface area (TPSA) is 56.7 Å². The van der Waals surface area contributed by atoms with Crippen LogP contribution < -0.4 is 0 Å². The van der Waals surface area contributed by atoms with E-state index in [4.69, 9.17) is 4.52 Å². The number of rotatable bonds is 6. The summed E-state index contributed by atoms with van der Waals surface area (Å²) in [7, 11) is 0. The Balaban J connectivity index is 1.66. The van der Waals surface area contributed by atoms with E-state index in [-0.39, 0.29) is 5.82 Å². The minimum absolute atomic E-state index is 0.275. The molecule has 0 aliphatic heterocycles. The normalized spacial score (nSPS) is 11.0. The first-order chi connectivity index (χ1) is 13.2. The third-order valence-electron chi connectivity index (χ3n) is 4.02. The maximum absolute atomic E-state index is 13.3. The molecule has 0 N–H and O–H groups in total. The highest BCUT2D eigenvalue weighted by Gasteiger charge is 2.16. The van der Waals surface area contributed by atoms with Gasteiger partial charge in [-0.3, -0.25) is 4.57 Å². The van der Waals surface area contributed by atoms with Crippen molar-refractivity contribution >= 4 is 11.8 Å². The largest absolute Gasteiger partial charge is 0.360 e. The maximum atomic E-state index is 13.3. The second-order valence-corrected chi connectivity index (χ2v) is 7.05. The Kier molecular flexibility index (Phi) is 5.02. The van der Waals surface area contributed by atoms with E-state index in [2.05, 4.69) is 27.5 Å². The van der Waals surface area contributed by atoms with Crippen LogP contribution in [0.4, 0.5) is 4.39 Å². The fourth-order valence-corrected chi connectivity index (χ4v) is 3.55. The van der Waals surface area contributed by atoms with Crippen LogP contribution in [0.3, 0.4) is 0 Å². The zero-order valence-corrected chi connectivity index (χ0v) is 15.5. The fourth-order valence-electron chi connectivity index (χ4n) is 2.74. The van der Waals surface area contributed by atoms with E-state index in [1.807, 2.05) is 35.8 Å². The Hall–Kier alpha value is -2.93. The van der Waals surface area contributed by atoms with Crippen LogP contribution in [0.1, 0.15) is 17.0 Å². The lowest BCUT2D eigenvalue weighted by molar-refractivity contribution is 0.391. The van der Waals surface area contributed by atoms with Crippen LogP contribution in [-0.2, 0) is 12.3 Å². The molecule has 0 bridgehead atoms. The third-order valence-corrected chi connectivity index (χ3v) is 5.01. The molecule has 0 aliphatic rings. The van der Waals surface area contributed by atoms with Gasteiger partial charge in [0.2, 0.25) is 0 Å². The summed E-state index contributed by atoms with van der Waals surface area (Å²) in [5, 5.41) is 13.4. The zero-order chi connectivity index (χ0) is 18.6. The van der Waals surface area contributed by atoms with Gasteiger partial charge in [-0.15, -0.1) is 10.2 Å². The standard InChI is InChI=1S/C20H17FN4OS/c1-14-11-18(26-24-14)13-27-20-23-22-19(16-7-9-17(21)10-8-16)25(20)12-15-5-3-2-4-6-15/h2-11H,12-13H2,1H3. The van der Waals surface area contributed by atoms with Gasteiger partial charge in [-0.05, 0) is 36.8 Å². The molecule has 4 rings (SSSR count). The summed E-state index contributed by atoms with van der Waals surface area (Å²) in [6, 6.07) is 18.3. The summed E-state index contributed by atoms with van der Waals surface area (Å²) in [6.07, 6.45) is 0. The molecule has 136 valence electrons. The first kappa shape index (κ1) is 17.5. The van der Waals surface area contributed by atoms with Crippen molar-refractivity contribution in [3.05, 3.63) is 83.5 Å². The highest BCUT2D eigenvalue weighted by atomic mass is 32.2. The number of halogens is 1. The minimum Gasteiger partial charge on any atom is -0.360 e. The van der Waals surface area contributed by atoms with Crippen molar-refractivity contribution < 1.29 is 8.91 Å². The summed E-state index contributed by atoms with van der Waals surface area (Å²) in [4.78, 5) is 0. The predicted molar refractivity (Wildman–Crippen MR) is 102 cm³/mol. The maximum Gasteiger partial charge on any atom is 0.192 e. The van der Waals surface area contributed by atoms with Crippen LogP contribution in [-0.4, -0.2) is 19.9 Å². The van der Waals surface area contributed by atoms with Crippen LogP contribution in [0.25, 0.3) is 11.4 Å². The number of nitrogens with zero attached hydrogens (tertiary/aromatic N) is 4. The molecule has 0 saturated carbocycles. The van der Waals surface area contributed by atoms with Crippen LogP contribution >= 0.6 is 11.8 Å². The summed E-state index contributed by atoms with van der Waals surface area (Å²) in [5.74, 6) is 1.82. The van der Waals surface area contributed by atoms with E-state index >= 15 is 0 Å². The van der Waals surface area contributed by atoms with Crippen molar-refractivity contribution in [3.63, 3.8) is 0 Å². The summed E-state index contributed by atoms with van der Waals surface area (Å²) >= 11 is 1.53. The molecule has 0 radical (unpaired) electrons. The molecule has 2 heterocycles. The number of benzene rings is 2. The number of aryl methyl sites for hydroxylation is 1. The van der Waals surface area contributed by atoms with Gasteiger partial charge in [0.05, 0.1) is 18.0 Å². The van der Waals surface area contributed by atoms with E-state index in [0.29, 0.717) is 18.1 Å². The minimum atomic E-state index is -0.275. The lowest BCUT2D eigenvalue weighted by atomic mass is 10.2. The zero-order valence-electron chi connectivity index (χ0n) is 14.7. The molecular formula is C20H17FN4OS. The van der Waals surface area contributed by atoms with E-state index in [1.54, 1.807) is 12.1 Å². The van der Waals surface area contributed by atoms with Crippen LogP contribution in [0.15, 0.2) is 70.3 Å². The van der Waals surface area contributed by atoms with Crippen molar-refractivity contribution in [3.8, 4) is 11.4 Å². The van der Waals surface area contributed by atoms with Gasteiger partial charge in [0.1, 0.15) is 11.6 Å². The van der Waals surface area contributed by atoms with E-state index in [1.165, 1.54) is 23.9 Å². The second-order valence-electron chi connectivity index (χ2n) is 6.11. The van der Waals surface area contributed by atoms with Gasteiger partial charge in [-0.1, -0.05) is 47.3 Å². The molecule has 0 saturated heterocycles. The van der Waals surface area contributed by atoms with E-state index in [9.17, 15) is 4.39 Å². The SMILES string of the molecule is Cc1cc(CSc2nnc(-c3ccc(F)cc3)n2Cc2ccccc2)on1. The molecule has 2 aromatic carbocycles. The third kappa shape index (κ3) is 4.09. The molecule has 0 atom stereocenters. The number of thioether (sulfide) groups is 1. The quantitative estimate of drug-likeness (QED) is 0.453. The highest BCUT2D eigenvalue weighted by molar-refractivity contribution is 7.98. The molecule has 0 amide bonds. The monoisotopic (exact) mass is 380 g/mol. The lowest BCUT2D eigenvalue weighted by Gasteiger charge is -2.10. The molecule has 0 unspecified atom stereocenters. The van der Waals surface area contributed by atoms with Crippen LogP contribution in [0, 0.1) is 12.7 Å². The Bertz CT molecular complexity index is 1030. The molecule has 4 aromatic rings. The van der Waals surface area contributed by atoms with Gasteiger partial charge in [-0.25, -0.2) is 4.39 Å². The summed E-state index contributed by atoms with van der Waals surface area (Å²) in [6.45, 7) is 2.51. The van der Waals surface area contributed by atoms with E-state index in [0.717, 1.165) is 27.7 Å². The molecule has 5 nitrogen and oxygen atoms in total. The fraction of sp³-hybridized carbons (Fsp3) is 0.150. The Morgan fingerprint density at radius 2 is 1.81 bits per heavy atom. The van der Waals surface area contributed by atoms with Gasteiger partial charge >= 0.3 is 0 Å². The lowest BCUT2D eigenvalue weighted by Crippen LogP contribution is -2.04. The number of hydrogen-bond donors (Lipinski definition) is 0. The molecule has 0 aliphatic carbocycles. The highest BCUT2D eigenvalue weighted by Crippen LogP contribution is 2.27. The van der Waals surface area contributed by atoms with Crippen molar-refractivity contribution in [2.24, 2.45) is 0 Å².